The van der Waals surface area contributed by atoms with Crippen LogP contribution in [0, 0.1) is 17.1 Å². The van der Waals surface area contributed by atoms with Crippen LogP contribution in [0.4, 0.5) is 4.39 Å². The van der Waals surface area contributed by atoms with Gasteiger partial charge < -0.3 is 15.2 Å². The summed E-state index contributed by atoms with van der Waals surface area (Å²) in [5, 5.41) is 29.7. The van der Waals surface area contributed by atoms with Gasteiger partial charge in [0.15, 0.2) is 11.3 Å². The van der Waals surface area contributed by atoms with Crippen LogP contribution in [-0.2, 0) is 0 Å². The molecule has 0 bridgehead atoms. The van der Waals surface area contributed by atoms with Gasteiger partial charge >= 0.3 is 0 Å². The van der Waals surface area contributed by atoms with Gasteiger partial charge in [0.1, 0.15) is 28.3 Å². The maximum atomic E-state index is 13.2. The minimum Gasteiger partial charge on any atom is -0.507 e. The lowest BCUT2D eigenvalue weighted by atomic mass is 10.0. The number of H-pyrrole nitrogens is 1. The maximum absolute atomic E-state index is 13.2. The molecule has 0 fully saturated rings. The van der Waals surface area contributed by atoms with Crippen LogP contribution in [0.2, 0.25) is 5.15 Å². The predicted octanol–water partition coefficient (Wildman–Crippen LogP) is 4.06. The highest BCUT2D eigenvalue weighted by Gasteiger charge is 2.19. The van der Waals surface area contributed by atoms with Gasteiger partial charge in [-0.2, -0.15) is 5.26 Å². The number of nitrogens with one attached hydrogen (secondary N) is 1. The highest BCUT2D eigenvalue weighted by Crippen LogP contribution is 2.35. The fourth-order valence-electron chi connectivity index (χ4n) is 3.11. The van der Waals surface area contributed by atoms with Crippen LogP contribution in [0.3, 0.4) is 0 Å². The zero-order chi connectivity index (χ0) is 20.0. The third-order valence-electron chi connectivity index (χ3n) is 4.40. The number of hydrogen-bond donors (Lipinski definition) is 3. The largest absolute Gasteiger partial charge is 0.507 e. The fourth-order valence-corrected chi connectivity index (χ4v) is 3.41. The Kier molecular flexibility index (Phi) is 4.06. The van der Waals surface area contributed by atoms with Crippen LogP contribution >= 0.6 is 11.6 Å². The molecule has 2 aromatic carbocycles. The zero-order valence-corrected chi connectivity index (χ0v) is 14.8. The number of halogens is 2. The molecule has 138 valence electrons. The molecule has 0 saturated heterocycles. The number of aromatic amines is 1. The lowest BCUT2D eigenvalue weighted by Gasteiger charge is -2.11. The highest BCUT2D eigenvalue weighted by molar-refractivity contribution is 6.31. The van der Waals surface area contributed by atoms with E-state index >= 15 is 0 Å². The molecule has 0 aliphatic rings. The van der Waals surface area contributed by atoms with Crippen molar-refractivity contribution in [3.63, 3.8) is 0 Å². The number of benzene rings is 2. The second kappa shape index (κ2) is 6.44. The molecular weight excluding hydrogens is 385 g/mol. The first kappa shape index (κ1) is 17.6. The number of nitriles is 1. The van der Waals surface area contributed by atoms with Gasteiger partial charge in [0, 0.05) is 17.3 Å². The highest BCUT2D eigenvalue weighted by atomic mass is 35.5. The molecule has 4 aromatic rings. The maximum Gasteiger partial charge on any atom is 0.270 e. The van der Waals surface area contributed by atoms with Gasteiger partial charge in [-0.25, -0.2) is 4.39 Å². The monoisotopic (exact) mass is 395 g/mol. The third-order valence-corrected chi connectivity index (χ3v) is 4.68. The summed E-state index contributed by atoms with van der Waals surface area (Å²) >= 11 is 6.29. The molecule has 0 atom stereocenters. The number of fused-ring (bicyclic) bond motifs is 1. The first-order chi connectivity index (χ1) is 13.4. The second-order valence-electron chi connectivity index (χ2n) is 6.06. The average Bonchev–Trinajstić information content (AvgIpc) is 2.98. The van der Waals surface area contributed by atoms with E-state index in [1.165, 1.54) is 22.8 Å². The van der Waals surface area contributed by atoms with Gasteiger partial charge in [-0.3, -0.25) is 9.36 Å². The minimum atomic E-state index is -0.705. The van der Waals surface area contributed by atoms with Crippen LogP contribution in [0.5, 0.6) is 11.5 Å². The van der Waals surface area contributed by atoms with Crippen molar-refractivity contribution >= 4 is 22.6 Å². The minimum absolute atomic E-state index is 0.189. The Balaban J connectivity index is 1.88. The Morgan fingerprint density at radius 3 is 2.46 bits per heavy atom. The summed E-state index contributed by atoms with van der Waals surface area (Å²) in [6.07, 6.45) is 0. The zero-order valence-electron chi connectivity index (χ0n) is 14.1. The van der Waals surface area contributed by atoms with Crippen molar-refractivity contribution in [3.8, 4) is 34.4 Å². The quantitative estimate of drug-likeness (QED) is 0.476. The summed E-state index contributed by atoms with van der Waals surface area (Å²) < 4.78 is 14.7. The van der Waals surface area contributed by atoms with Gasteiger partial charge in [0.05, 0.1) is 5.52 Å². The molecule has 4 rings (SSSR count). The molecular formula is C20H11ClFN3O3. The van der Waals surface area contributed by atoms with E-state index in [0.29, 0.717) is 16.8 Å². The van der Waals surface area contributed by atoms with Gasteiger partial charge in [-0.1, -0.05) is 23.7 Å². The first-order valence-electron chi connectivity index (χ1n) is 8.06. The Morgan fingerprint density at radius 1 is 1.11 bits per heavy atom. The van der Waals surface area contributed by atoms with E-state index in [9.17, 15) is 19.4 Å². The van der Waals surface area contributed by atoms with E-state index in [1.54, 1.807) is 30.3 Å². The van der Waals surface area contributed by atoms with E-state index < -0.39 is 22.7 Å². The summed E-state index contributed by atoms with van der Waals surface area (Å²) in [5.41, 5.74) is 1.02. The van der Waals surface area contributed by atoms with E-state index in [4.69, 9.17) is 16.9 Å². The number of hydrogen-bond acceptors (Lipinski definition) is 4. The van der Waals surface area contributed by atoms with Crippen LogP contribution in [-0.4, -0.2) is 19.8 Å². The Bertz CT molecular complexity index is 1330. The number of rotatable bonds is 2. The van der Waals surface area contributed by atoms with Gasteiger partial charge in [-0.05, 0) is 35.9 Å². The summed E-state index contributed by atoms with van der Waals surface area (Å²) in [7, 11) is 0. The SMILES string of the molecule is N#Cc1c(O)c2c(cc(Cl)n2-c2ccc(-c3ccc(F)cc3O)cc2)[nH]c1=O. The van der Waals surface area contributed by atoms with Crippen molar-refractivity contribution in [1.29, 1.82) is 5.26 Å². The van der Waals surface area contributed by atoms with Crippen LogP contribution in [0.25, 0.3) is 27.8 Å². The van der Waals surface area contributed by atoms with E-state index in [2.05, 4.69) is 4.98 Å². The lowest BCUT2D eigenvalue weighted by Crippen LogP contribution is -2.10. The molecule has 2 aromatic heterocycles. The molecule has 2 heterocycles. The molecule has 0 spiro atoms. The molecule has 0 aliphatic heterocycles. The van der Waals surface area contributed by atoms with Crippen molar-refractivity contribution in [2.45, 2.75) is 0 Å². The number of nitrogens with zero attached hydrogens (tertiary/aromatic N) is 2. The summed E-state index contributed by atoms with van der Waals surface area (Å²) in [4.78, 5) is 14.4. The Labute approximate surface area is 162 Å². The third kappa shape index (κ3) is 2.68. The van der Waals surface area contributed by atoms with Crippen molar-refractivity contribution < 1.29 is 14.6 Å². The van der Waals surface area contributed by atoms with Crippen molar-refractivity contribution in [2.24, 2.45) is 0 Å². The number of phenolic OH excluding ortho intramolecular Hbond substituents is 1. The topological polar surface area (TPSA) is 102 Å². The van der Waals surface area contributed by atoms with Crippen molar-refractivity contribution in [3.05, 3.63) is 75.4 Å². The normalized spacial score (nSPS) is 10.9. The molecule has 8 heteroatoms. The molecule has 3 N–H and O–H groups in total. The molecule has 0 saturated carbocycles. The Morgan fingerprint density at radius 2 is 1.82 bits per heavy atom. The molecule has 0 unspecified atom stereocenters. The van der Waals surface area contributed by atoms with Gasteiger partial charge in [-0.15, -0.1) is 0 Å². The summed E-state index contributed by atoms with van der Waals surface area (Å²) in [6.45, 7) is 0. The molecule has 0 amide bonds. The number of phenols is 1. The molecule has 6 nitrogen and oxygen atoms in total. The van der Waals surface area contributed by atoms with Crippen LogP contribution in [0.15, 0.2) is 53.3 Å². The predicted molar refractivity (Wildman–Crippen MR) is 102 cm³/mol. The van der Waals surface area contributed by atoms with E-state index in [-0.39, 0.29) is 21.9 Å². The fraction of sp³-hybridized carbons (Fsp3) is 0. The average molecular weight is 396 g/mol. The van der Waals surface area contributed by atoms with Crippen LogP contribution in [0.1, 0.15) is 5.56 Å². The van der Waals surface area contributed by atoms with E-state index in [1.807, 2.05) is 0 Å². The van der Waals surface area contributed by atoms with Gasteiger partial charge in [0.25, 0.3) is 5.56 Å². The first-order valence-corrected chi connectivity index (χ1v) is 8.44. The molecule has 0 radical (unpaired) electrons. The van der Waals surface area contributed by atoms with Crippen molar-refractivity contribution in [2.75, 3.05) is 0 Å². The van der Waals surface area contributed by atoms with Crippen LogP contribution < -0.4 is 5.56 Å². The number of aromatic hydroxyl groups is 2. The second-order valence-corrected chi connectivity index (χ2v) is 6.45. The summed E-state index contributed by atoms with van der Waals surface area (Å²) in [6, 6.07) is 13.6. The standard InChI is InChI=1S/C20H11ClFN3O3/c21-17-8-15-18(19(27)14(9-23)20(28)24-15)25(17)12-4-1-10(2-5-12)13-6-3-11(22)7-16(13)26/h1-8,26H,(H2,24,27,28). The number of pyridine rings is 1. The Hall–Kier alpha value is -3.76. The number of aromatic nitrogens is 2. The van der Waals surface area contributed by atoms with E-state index in [0.717, 1.165) is 6.07 Å². The molecule has 28 heavy (non-hydrogen) atoms. The van der Waals surface area contributed by atoms with Gasteiger partial charge in [0.2, 0.25) is 0 Å². The van der Waals surface area contributed by atoms with Crippen molar-refractivity contribution in [1.82, 2.24) is 9.55 Å². The smallest absolute Gasteiger partial charge is 0.270 e. The summed E-state index contributed by atoms with van der Waals surface area (Å²) in [5.74, 6) is -1.19. The lowest BCUT2D eigenvalue weighted by molar-refractivity contribution is 0.471. The molecule has 0 aliphatic carbocycles.